The van der Waals surface area contributed by atoms with Crippen LogP contribution in [0.4, 0.5) is 18.9 Å². The van der Waals surface area contributed by atoms with Crippen LogP contribution in [0.3, 0.4) is 0 Å². The molecule has 42 heavy (non-hydrogen) atoms. The fourth-order valence-corrected chi connectivity index (χ4v) is 4.26. The highest BCUT2D eigenvalue weighted by molar-refractivity contribution is 7.88. The molecular weight excluding hydrogens is 575 g/mol. The molecule has 0 radical (unpaired) electrons. The summed E-state index contributed by atoms with van der Waals surface area (Å²) in [5.41, 5.74) is -1.45. The highest BCUT2D eigenvalue weighted by atomic mass is 32.2. The van der Waals surface area contributed by atoms with Gasteiger partial charge >= 0.3 is 15.6 Å². The fraction of sp³-hybridized carbons (Fsp3) is 0.621. The summed E-state index contributed by atoms with van der Waals surface area (Å²) in [5.74, 6) is -0.502. The maximum atomic E-state index is 12.6. The van der Waals surface area contributed by atoms with Gasteiger partial charge < -0.3 is 18.9 Å². The van der Waals surface area contributed by atoms with Gasteiger partial charge in [-0.05, 0) is 83.9 Å². The number of aryl methyl sites for hydroxylation is 1. The molecule has 0 aliphatic carbocycles. The molecule has 238 valence electrons. The third-order valence-electron chi connectivity index (χ3n) is 5.98. The van der Waals surface area contributed by atoms with E-state index in [9.17, 15) is 26.4 Å². The van der Waals surface area contributed by atoms with Crippen molar-refractivity contribution in [2.75, 3.05) is 18.0 Å². The molecule has 1 saturated heterocycles. The number of aromatic nitrogens is 2. The van der Waals surface area contributed by atoms with E-state index < -0.39 is 27.0 Å². The van der Waals surface area contributed by atoms with Crippen molar-refractivity contribution in [3.05, 3.63) is 35.8 Å². The fourth-order valence-electron chi connectivity index (χ4n) is 3.82. The zero-order valence-corrected chi connectivity index (χ0v) is 26.7. The van der Waals surface area contributed by atoms with E-state index in [1.165, 1.54) is 12.1 Å². The van der Waals surface area contributed by atoms with Crippen molar-refractivity contribution >= 4 is 22.3 Å². The number of carbonyl (C=O) groups is 1. The van der Waals surface area contributed by atoms with Gasteiger partial charge in [-0.1, -0.05) is 20.8 Å². The number of ether oxygens (including phenoxy) is 1. The second-order valence-electron chi connectivity index (χ2n) is 11.9. The lowest BCUT2D eigenvalue weighted by molar-refractivity contribution is -0.131. The van der Waals surface area contributed by atoms with Crippen LogP contribution in [-0.4, -0.2) is 60.3 Å². The highest BCUT2D eigenvalue weighted by Crippen LogP contribution is 2.39. The number of rotatable bonds is 7. The summed E-state index contributed by atoms with van der Waals surface area (Å²) in [6.07, 6.45) is 5.56. The summed E-state index contributed by atoms with van der Waals surface area (Å²) in [6.45, 7) is 19.5. The average Bonchev–Trinajstić information content (AvgIpc) is 2.83. The van der Waals surface area contributed by atoms with Crippen LogP contribution in [0.5, 0.6) is 5.75 Å². The molecule has 2 aromatic rings. The van der Waals surface area contributed by atoms with Gasteiger partial charge in [0.05, 0.1) is 29.3 Å². The van der Waals surface area contributed by atoms with E-state index in [0.717, 1.165) is 61.1 Å². The SMILES string of the molecule is CC(C)(C)O.CC(C)OC=O.CCc1c(C)ncc(-c2ccc(OS(=O)(=O)C(F)(F)F)cn2)c1N1CCC(C)(C)CC1. The van der Waals surface area contributed by atoms with Crippen LogP contribution < -0.4 is 9.08 Å². The Balaban J connectivity index is 0.000000682. The lowest BCUT2D eigenvalue weighted by atomic mass is 9.82. The van der Waals surface area contributed by atoms with Crippen LogP contribution in [0.1, 0.15) is 79.5 Å². The number of hydrogen-bond acceptors (Lipinski definition) is 9. The molecule has 9 nitrogen and oxygen atoms in total. The van der Waals surface area contributed by atoms with Crippen molar-refractivity contribution in [3.63, 3.8) is 0 Å². The molecular formula is C29H44F3N3O6S. The van der Waals surface area contributed by atoms with Gasteiger partial charge in [0.1, 0.15) is 0 Å². The quantitative estimate of drug-likeness (QED) is 0.219. The van der Waals surface area contributed by atoms with Gasteiger partial charge in [0, 0.05) is 30.5 Å². The Kier molecular flexibility index (Phi) is 13.2. The number of pyridine rings is 2. The lowest BCUT2D eigenvalue weighted by Crippen LogP contribution is -2.38. The molecule has 2 aromatic heterocycles. The first-order valence-electron chi connectivity index (χ1n) is 13.6. The van der Waals surface area contributed by atoms with Gasteiger partial charge in [0.2, 0.25) is 0 Å². The first kappa shape index (κ1) is 37.1. The minimum absolute atomic E-state index is 0.0301. The molecule has 0 unspecified atom stereocenters. The van der Waals surface area contributed by atoms with Crippen LogP contribution >= 0.6 is 0 Å². The molecule has 1 fully saturated rings. The molecule has 1 aliphatic rings. The van der Waals surface area contributed by atoms with E-state index >= 15 is 0 Å². The monoisotopic (exact) mass is 619 g/mol. The van der Waals surface area contributed by atoms with Crippen LogP contribution in [0.25, 0.3) is 11.3 Å². The van der Waals surface area contributed by atoms with Crippen LogP contribution in [0.15, 0.2) is 24.5 Å². The topological polar surface area (TPSA) is 119 Å². The van der Waals surface area contributed by atoms with Crippen LogP contribution in [0, 0.1) is 12.3 Å². The molecule has 0 amide bonds. The second kappa shape index (κ2) is 15.0. The molecule has 0 aromatic carbocycles. The summed E-state index contributed by atoms with van der Waals surface area (Å²) in [5, 5.41) is 8.52. The van der Waals surface area contributed by atoms with E-state index in [1.54, 1.807) is 40.8 Å². The number of hydrogen-bond donors (Lipinski definition) is 1. The first-order valence-corrected chi connectivity index (χ1v) is 15.0. The zero-order valence-electron chi connectivity index (χ0n) is 25.9. The standard InChI is InChI=1S/C21H26F3N3O3S.C4H8O2.C4H10O/c1-5-16-14(2)25-13-17(19(16)27-10-8-20(3,4)9-11-27)18-7-6-15(12-26-18)30-31(28,29)21(22,23)24;1-4(2)6-3-5;1-4(2,3)5/h6-7,12-13H,5,8-11H2,1-4H3;3-4H,1-2H3;5H,1-3H3. The third-order valence-corrected chi connectivity index (χ3v) is 6.96. The number of carbonyl (C=O) groups excluding carboxylic acids is 1. The molecule has 0 bridgehead atoms. The minimum atomic E-state index is -5.74. The number of piperidine rings is 1. The minimum Gasteiger partial charge on any atom is -0.465 e. The van der Waals surface area contributed by atoms with E-state index in [2.05, 4.69) is 44.6 Å². The molecule has 13 heteroatoms. The van der Waals surface area contributed by atoms with E-state index in [-0.39, 0.29) is 11.5 Å². The van der Waals surface area contributed by atoms with Crippen molar-refractivity contribution in [1.29, 1.82) is 0 Å². The number of aliphatic hydroxyl groups is 1. The van der Waals surface area contributed by atoms with Gasteiger partial charge in [-0.3, -0.25) is 14.8 Å². The second-order valence-corrected chi connectivity index (χ2v) is 13.4. The number of halogens is 3. The van der Waals surface area contributed by atoms with Gasteiger partial charge in [0.25, 0.3) is 6.47 Å². The van der Waals surface area contributed by atoms with Crippen molar-refractivity contribution in [3.8, 4) is 17.0 Å². The Bertz CT molecular complexity index is 1240. The maximum absolute atomic E-state index is 12.6. The molecule has 1 N–H and O–H groups in total. The van der Waals surface area contributed by atoms with Gasteiger partial charge in [-0.2, -0.15) is 21.6 Å². The average molecular weight is 620 g/mol. The van der Waals surface area contributed by atoms with E-state index in [0.29, 0.717) is 12.2 Å². The number of anilines is 1. The maximum Gasteiger partial charge on any atom is 0.534 e. The van der Waals surface area contributed by atoms with Crippen molar-refractivity contribution in [2.45, 2.75) is 98.8 Å². The van der Waals surface area contributed by atoms with Crippen molar-refractivity contribution < 1.29 is 40.4 Å². The van der Waals surface area contributed by atoms with Crippen molar-refractivity contribution in [2.24, 2.45) is 5.41 Å². The predicted molar refractivity (Wildman–Crippen MR) is 157 cm³/mol. The van der Waals surface area contributed by atoms with Crippen LogP contribution in [0.2, 0.25) is 0 Å². The third kappa shape index (κ3) is 12.1. The molecule has 0 spiro atoms. The Morgan fingerprint density at radius 3 is 2.02 bits per heavy atom. The largest absolute Gasteiger partial charge is 0.534 e. The van der Waals surface area contributed by atoms with Gasteiger partial charge in [0.15, 0.2) is 5.75 Å². The van der Waals surface area contributed by atoms with Crippen LogP contribution in [-0.2, 0) is 26.1 Å². The first-order chi connectivity index (χ1) is 19.1. The summed E-state index contributed by atoms with van der Waals surface area (Å²) >= 11 is 0. The Labute approximate surface area is 247 Å². The molecule has 1 aliphatic heterocycles. The van der Waals surface area contributed by atoms with E-state index in [1.807, 2.05) is 6.92 Å². The van der Waals surface area contributed by atoms with E-state index in [4.69, 9.17) is 5.11 Å². The predicted octanol–water partition coefficient (Wildman–Crippen LogP) is 6.21. The smallest absolute Gasteiger partial charge is 0.465 e. The summed E-state index contributed by atoms with van der Waals surface area (Å²) in [4.78, 5) is 20.4. The summed E-state index contributed by atoms with van der Waals surface area (Å²) < 4.78 is 68.6. The molecule has 0 saturated carbocycles. The Hall–Kier alpha value is -2.93. The Morgan fingerprint density at radius 2 is 1.64 bits per heavy atom. The van der Waals surface area contributed by atoms with Gasteiger partial charge in [-0.15, -0.1) is 0 Å². The normalized spacial score (nSPS) is 15.1. The zero-order chi connectivity index (χ0) is 32.5. The number of alkyl halides is 3. The Morgan fingerprint density at radius 1 is 1.10 bits per heavy atom. The summed E-state index contributed by atoms with van der Waals surface area (Å²) in [7, 11) is -5.74. The summed E-state index contributed by atoms with van der Waals surface area (Å²) in [6, 6.07) is 2.62. The highest BCUT2D eigenvalue weighted by Gasteiger charge is 2.48. The lowest BCUT2D eigenvalue weighted by Gasteiger charge is -2.40. The molecule has 0 atom stereocenters. The number of nitrogens with zero attached hydrogens (tertiary/aromatic N) is 3. The van der Waals surface area contributed by atoms with Crippen molar-refractivity contribution in [1.82, 2.24) is 9.97 Å². The molecule has 3 rings (SSSR count). The van der Waals surface area contributed by atoms with Gasteiger partial charge in [-0.25, -0.2) is 0 Å². The molecule has 3 heterocycles.